The van der Waals surface area contributed by atoms with Crippen LogP contribution in [0.4, 0.5) is 0 Å². The molecule has 1 N–H and O–H groups in total. The molecule has 0 spiro atoms. The molecule has 3 rings (SSSR count). The van der Waals surface area contributed by atoms with Crippen molar-refractivity contribution in [3.63, 3.8) is 0 Å². The van der Waals surface area contributed by atoms with Crippen LogP contribution in [0.3, 0.4) is 0 Å². The second kappa shape index (κ2) is 8.56. The van der Waals surface area contributed by atoms with Gasteiger partial charge in [0.2, 0.25) is 5.91 Å². The van der Waals surface area contributed by atoms with Gasteiger partial charge in [0, 0.05) is 6.07 Å². The molecule has 28 heavy (non-hydrogen) atoms. The first-order chi connectivity index (χ1) is 13.4. The molecule has 2 aromatic heterocycles. The molecular formula is C21H23N3O4. The minimum Gasteiger partial charge on any atom is -0.492 e. The van der Waals surface area contributed by atoms with Crippen molar-refractivity contribution < 1.29 is 13.9 Å². The van der Waals surface area contributed by atoms with E-state index in [-0.39, 0.29) is 11.5 Å². The summed E-state index contributed by atoms with van der Waals surface area (Å²) in [5, 5.41) is 7.02. The highest BCUT2D eigenvalue weighted by Gasteiger charge is 2.18. The maximum Gasteiger partial charge on any atom is 0.267 e. The fourth-order valence-corrected chi connectivity index (χ4v) is 2.88. The average molecular weight is 381 g/mol. The van der Waals surface area contributed by atoms with Gasteiger partial charge < -0.3 is 14.5 Å². The number of nitrogens with one attached hydrogen (secondary N) is 1. The summed E-state index contributed by atoms with van der Waals surface area (Å²) in [7, 11) is 0. The van der Waals surface area contributed by atoms with Crippen LogP contribution in [-0.4, -0.2) is 28.8 Å². The zero-order valence-corrected chi connectivity index (χ0v) is 16.1. The first-order valence-electron chi connectivity index (χ1n) is 9.06. The van der Waals surface area contributed by atoms with Crippen LogP contribution in [0.1, 0.15) is 24.1 Å². The van der Waals surface area contributed by atoms with Crippen LogP contribution < -0.4 is 15.6 Å². The van der Waals surface area contributed by atoms with Crippen LogP contribution in [-0.2, 0) is 4.79 Å². The number of hydrogen-bond acceptors (Lipinski definition) is 5. The molecule has 0 aliphatic rings. The summed E-state index contributed by atoms with van der Waals surface area (Å²) in [4.78, 5) is 24.6. The molecule has 7 heteroatoms. The zero-order chi connectivity index (χ0) is 20.1. The summed E-state index contributed by atoms with van der Waals surface area (Å²) in [6.07, 6.45) is 1.53. The van der Waals surface area contributed by atoms with E-state index >= 15 is 0 Å². The molecule has 0 bridgehead atoms. The fourth-order valence-electron chi connectivity index (χ4n) is 2.88. The van der Waals surface area contributed by atoms with Gasteiger partial charge in [-0.05, 0) is 62.2 Å². The molecule has 0 saturated carbocycles. The number of amides is 1. The number of furan rings is 1. The van der Waals surface area contributed by atoms with Crippen LogP contribution in [0.25, 0.3) is 11.5 Å². The Balaban J connectivity index is 1.58. The van der Waals surface area contributed by atoms with Gasteiger partial charge in [-0.2, -0.15) is 5.10 Å². The monoisotopic (exact) mass is 381 g/mol. The van der Waals surface area contributed by atoms with E-state index in [0.29, 0.717) is 24.6 Å². The van der Waals surface area contributed by atoms with Crippen LogP contribution in [0, 0.1) is 13.8 Å². The van der Waals surface area contributed by atoms with Crippen molar-refractivity contribution in [2.45, 2.75) is 26.8 Å². The summed E-state index contributed by atoms with van der Waals surface area (Å²) in [5.41, 5.74) is 2.37. The fraction of sp³-hybridized carbons (Fsp3) is 0.286. The standard InChI is InChI=1S/C21H23N3O4/c1-14-11-15(2)13-17(12-14)27-10-8-22-21(26)16(3)24-20(25)7-6-18(23-24)19-5-4-9-28-19/h4-7,9,11-13,16H,8,10H2,1-3H3,(H,22,26). The Morgan fingerprint density at radius 2 is 1.96 bits per heavy atom. The molecule has 2 heterocycles. The summed E-state index contributed by atoms with van der Waals surface area (Å²) < 4.78 is 12.1. The Morgan fingerprint density at radius 1 is 1.21 bits per heavy atom. The Hall–Kier alpha value is -3.35. The van der Waals surface area contributed by atoms with Crippen molar-refractivity contribution >= 4 is 5.91 Å². The minimum absolute atomic E-state index is 0.310. The second-order valence-corrected chi connectivity index (χ2v) is 6.62. The van der Waals surface area contributed by atoms with E-state index in [1.165, 1.54) is 12.3 Å². The normalized spacial score (nSPS) is 11.8. The third-order valence-electron chi connectivity index (χ3n) is 4.21. The highest BCUT2D eigenvalue weighted by molar-refractivity contribution is 5.79. The van der Waals surface area contributed by atoms with Crippen molar-refractivity contribution in [2.75, 3.05) is 13.2 Å². The van der Waals surface area contributed by atoms with E-state index in [1.807, 2.05) is 26.0 Å². The molecule has 3 aromatic rings. The molecule has 0 radical (unpaired) electrons. The van der Waals surface area contributed by atoms with Gasteiger partial charge in [-0.3, -0.25) is 9.59 Å². The molecule has 1 atom stereocenters. The largest absolute Gasteiger partial charge is 0.492 e. The smallest absolute Gasteiger partial charge is 0.267 e. The second-order valence-electron chi connectivity index (χ2n) is 6.62. The Bertz CT molecular complexity index is 988. The summed E-state index contributed by atoms with van der Waals surface area (Å²) in [6, 6.07) is 11.6. The maximum absolute atomic E-state index is 12.4. The van der Waals surface area contributed by atoms with Crippen molar-refractivity contribution in [1.82, 2.24) is 15.1 Å². The van der Waals surface area contributed by atoms with Gasteiger partial charge in [-0.25, -0.2) is 4.68 Å². The molecule has 1 unspecified atom stereocenters. The Morgan fingerprint density at radius 3 is 2.64 bits per heavy atom. The highest BCUT2D eigenvalue weighted by atomic mass is 16.5. The third-order valence-corrected chi connectivity index (χ3v) is 4.21. The summed E-state index contributed by atoms with van der Waals surface area (Å²) in [6.45, 7) is 6.29. The number of ether oxygens (including phenoxy) is 1. The number of benzene rings is 1. The van der Waals surface area contributed by atoms with Crippen molar-refractivity contribution in [3.05, 3.63) is 70.2 Å². The van der Waals surface area contributed by atoms with Crippen molar-refractivity contribution in [1.29, 1.82) is 0 Å². The van der Waals surface area contributed by atoms with Crippen molar-refractivity contribution in [2.24, 2.45) is 0 Å². The Labute approximate surface area is 162 Å². The molecule has 7 nitrogen and oxygen atoms in total. The van der Waals surface area contributed by atoms with Crippen LogP contribution in [0.2, 0.25) is 0 Å². The molecule has 1 amide bonds. The predicted octanol–water partition coefficient (Wildman–Crippen LogP) is 2.88. The number of aryl methyl sites for hydroxylation is 2. The van der Waals surface area contributed by atoms with E-state index in [4.69, 9.17) is 9.15 Å². The Kier molecular flexibility index (Phi) is 5.93. The van der Waals surface area contributed by atoms with Crippen molar-refractivity contribution in [3.8, 4) is 17.2 Å². The van der Waals surface area contributed by atoms with Crippen LogP contribution in [0.15, 0.2) is 57.9 Å². The molecule has 1 aromatic carbocycles. The number of aromatic nitrogens is 2. The molecule has 0 fully saturated rings. The lowest BCUT2D eigenvalue weighted by atomic mass is 10.1. The number of rotatable bonds is 7. The van der Waals surface area contributed by atoms with Gasteiger partial charge in [0.15, 0.2) is 5.76 Å². The molecule has 0 aliphatic heterocycles. The quantitative estimate of drug-likeness (QED) is 0.636. The molecule has 0 aliphatic carbocycles. The molecule has 0 saturated heterocycles. The first kappa shape index (κ1) is 19.4. The van der Waals surface area contributed by atoms with E-state index in [2.05, 4.69) is 16.5 Å². The van der Waals surface area contributed by atoms with Gasteiger partial charge >= 0.3 is 0 Å². The van der Waals surface area contributed by atoms with Crippen LogP contribution in [0.5, 0.6) is 5.75 Å². The summed E-state index contributed by atoms with van der Waals surface area (Å²) in [5.74, 6) is 0.988. The number of hydrogen-bond donors (Lipinski definition) is 1. The first-order valence-corrected chi connectivity index (χ1v) is 9.06. The van der Waals surface area contributed by atoms with Gasteiger partial charge in [-0.15, -0.1) is 0 Å². The van der Waals surface area contributed by atoms with E-state index < -0.39 is 6.04 Å². The number of nitrogens with zero attached hydrogens (tertiary/aromatic N) is 2. The van der Waals surface area contributed by atoms with Gasteiger partial charge in [0.1, 0.15) is 24.1 Å². The predicted molar refractivity (Wildman–Crippen MR) is 105 cm³/mol. The van der Waals surface area contributed by atoms with E-state index in [1.54, 1.807) is 25.1 Å². The van der Waals surface area contributed by atoms with Gasteiger partial charge in [0.25, 0.3) is 5.56 Å². The SMILES string of the molecule is Cc1cc(C)cc(OCCNC(=O)C(C)n2nc(-c3ccco3)ccc2=O)c1. The summed E-state index contributed by atoms with van der Waals surface area (Å²) >= 11 is 0. The lowest BCUT2D eigenvalue weighted by molar-refractivity contribution is -0.124. The highest BCUT2D eigenvalue weighted by Crippen LogP contribution is 2.17. The van der Waals surface area contributed by atoms with Crippen LogP contribution >= 0.6 is 0 Å². The molecular weight excluding hydrogens is 358 g/mol. The lowest BCUT2D eigenvalue weighted by Gasteiger charge is -2.15. The van der Waals surface area contributed by atoms with Gasteiger partial charge in [-0.1, -0.05) is 6.07 Å². The molecule has 146 valence electrons. The van der Waals surface area contributed by atoms with E-state index in [0.717, 1.165) is 21.6 Å². The number of carbonyl (C=O) groups is 1. The zero-order valence-electron chi connectivity index (χ0n) is 16.1. The number of carbonyl (C=O) groups excluding carboxylic acids is 1. The third kappa shape index (κ3) is 4.68. The average Bonchev–Trinajstić information content (AvgIpc) is 3.19. The maximum atomic E-state index is 12.4. The minimum atomic E-state index is -0.761. The lowest BCUT2D eigenvalue weighted by Crippen LogP contribution is -2.38. The van der Waals surface area contributed by atoms with E-state index in [9.17, 15) is 9.59 Å². The van der Waals surface area contributed by atoms with Gasteiger partial charge in [0.05, 0.1) is 12.8 Å². The topological polar surface area (TPSA) is 86.4 Å².